The number of piperazine rings is 1. The summed E-state index contributed by atoms with van der Waals surface area (Å²) in [5.41, 5.74) is 1.41. The van der Waals surface area contributed by atoms with Gasteiger partial charge in [-0.3, -0.25) is 4.79 Å². The Labute approximate surface area is 212 Å². The summed E-state index contributed by atoms with van der Waals surface area (Å²) in [5, 5.41) is 10.3. The number of hydrogen-bond acceptors (Lipinski definition) is 5. The number of halogens is 4. The average Bonchev–Trinajstić information content (AvgIpc) is 2.87. The Morgan fingerprint density at radius 2 is 1.59 bits per heavy atom. The lowest BCUT2D eigenvalue weighted by Gasteiger charge is -2.30. The lowest BCUT2D eigenvalue weighted by atomic mass is 10.0. The third-order valence-electron chi connectivity index (χ3n) is 5.57. The van der Waals surface area contributed by atoms with Crippen LogP contribution in [0, 0.1) is 5.82 Å². The number of carbonyl (C=O) groups is 2. The zero-order chi connectivity index (χ0) is 27.6. The molecule has 8 nitrogen and oxygen atoms in total. The number of rotatable bonds is 8. The molecule has 0 saturated carbocycles. The van der Waals surface area contributed by atoms with E-state index in [-0.39, 0.29) is 24.1 Å². The molecule has 2 N–H and O–H groups in total. The summed E-state index contributed by atoms with van der Waals surface area (Å²) < 4.78 is 72.0. The van der Waals surface area contributed by atoms with Gasteiger partial charge in [0.15, 0.2) is 0 Å². The van der Waals surface area contributed by atoms with Crippen molar-refractivity contribution in [2.45, 2.75) is 19.0 Å². The minimum absolute atomic E-state index is 0.0255. The topological polar surface area (TPSA) is 107 Å². The SMILES string of the molecule is CC(CN(CCS(=O)(=O)N1CCNCC1)C(=O)c1ccc(F)cc1)c1ccccc1.O=C(O)C(F)(F)F. The Morgan fingerprint density at radius 3 is 2.11 bits per heavy atom. The fourth-order valence-corrected chi connectivity index (χ4v) is 4.99. The third-order valence-corrected chi connectivity index (χ3v) is 7.42. The number of sulfonamides is 1. The lowest BCUT2D eigenvalue weighted by molar-refractivity contribution is -0.192. The fraction of sp³-hybridized carbons (Fsp3) is 0.417. The van der Waals surface area contributed by atoms with Gasteiger partial charge in [-0.25, -0.2) is 17.6 Å². The number of nitrogens with zero attached hydrogens (tertiary/aromatic N) is 2. The zero-order valence-electron chi connectivity index (χ0n) is 20.1. The average molecular weight is 548 g/mol. The summed E-state index contributed by atoms with van der Waals surface area (Å²) in [5.74, 6) is -3.59. The minimum atomic E-state index is -5.08. The largest absolute Gasteiger partial charge is 0.490 e. The molecule has 13 heteroatoms. The highest BCUT2D eigenvalue weighted by molar-refractivity contribution is 7.89. The molecule has 204 valence electrons. The predicted molar refractivity (Wildman–Crippen MR) is 129 cm³/mol. The second kappa shape index (κ2) is 13.5. The van der Waals surface area contributed by atoms with Crippen molar-refractivity contribution in [3.05, 3.63) is 71.5 Å². The fourth-order valence-electron chi connectivity index (χ4n) is 3.55. The van der Waals surface area contributed by atoms with Gasteiger partial charge in [-0.1, -0.05) is 37.3 Å². The molecule has 1 unspecified atom stereocenters. The molecule has 0 spiro atoms. The van der Waals surface area contributed by atoms with Gasteiger partial charge in [-0.05, 0) is 35.7 Å². The maximum atomic E-state index is 13.3. The van der Waals surface area contributed by atoms with Crippen molar-refractivity contribution in [1.82, 2.24) is 14.5 Å². The van der Waals surface area contributed by atoms with E-state index in [1.807, 2.05) is 37.3 Å². The van der Waals surface area contributed by atoms with E-state index >= 15 is 0 Å². The van der Waals surface area contributed by atoms with Gasteiger partial charge in [0.2, 0.25) is 10.0 Å². The second-order valence-electron chi connectivity index (χ2n) is 8.34. The Bertz CT molecular complexity index is 1120. The Balaban J connectivity index is 0.000000604. The number of hydrogen-bond donors (Lipinski definition) is 2. The first kappa shape index (κ1) is 30.2. The van der Waals surface area contributed by atoms with Crippen LogP contribution in [-0.4, -0.2) is 85.8 Å². The summed E-state index contributed by atoms with van der Waals surface area (Å²) in [7, 11) is -3.46. The summed E-state index contributed by atoms with van der Waals surface area (Å²) in [6.07, 6.45) is -5.08. The standard InChI is InChI=1S/C22H28FN3O3S.C2HF3O2/c1-18(19-5-3-2-4-6-19)17-25(22(27)20-7-9-21(23)10-8-20)15-16-30(28,29)26-13-11-24-12-14-26;3-2(4,5)1(6)7/h2-10,18,24H,11-17H2,1H3;(H,6,7). The Kier molecular flexibility index (Phi) is 11.0. The van der Waals surface area contributed by atoms with Gasteiger partial charge >= 0.3 is 12.1 Å². The summed E-state index contributed by atoms with van der Waals surface area (Å²) >= 11 is 0. The molecule has 1 fully saturated rings. The van der Waals surface area contributed by atoms with Crippen LogP contribution in [0.1, 0.15) is 28.8 Å². The zero-order valence-corrected chi connectivity index (χ0v) is 20.9. The number of alkyl halides is 3. The maximum absolute atomic E-state index is 13.3. The molecular formula is C24H29F4N3O5S. The molecule has 0 aliphatic carbocycles. The van der Waals surface area contributed by atoms with Crippen LogP contribution in [0.25, 0.3) is 0 Å². The van der Waals surface area contributed by atoms with E-state index in [2.05, 4.69) is 5.32 Å². The summed E-state index contributed by atoms with van der Waals surface area (Å²) in [6, 6.07) is 15.1. The molecule has 0 radical (unpaired) electrons. The highest BCUT2D eigenvalue weighted by Gasteiger charge is 2.38. The van der Waals surface area contributed by atoms with Crippen molar-refractivity contribution >= 4 is 21.9 Å². The van der Waals surface area contributed by atoms with E-state index in [0.717, 1.165) is 5.56 Å². The van der Waals surface area contributed by atoms with Gasteiger partial charge in [0.05, 0.1) is 5.75 Å². The van der Waals surface area contributed by atoms with E-state index in [1.165, 1.54) is 28.6 Å². The Hall–Kier alpha value is -3.03. The molecule has 2 aromatic carbocycles. The van der Waals surface area contributed by atoms with E-state index < -0.39 is 28.0 Å². The quantitative estimate of drug-likeness (QED) is 0.493. The number of carbonyl (C=O) groups excluding carboxylic acids is 1. The molecule has 3 rings (SSSR count). The number of aliphatic carboxylic acids is 1. The van der Waals surface area contributed by atoms with Crippen molar-refractivity contribution in [2.24, 2.45) is 0 Å². The molecule has 1 atom stereocenters. The number of amides is 1. The van der Waals surface area contributed by atoms with Gasteiger partial charge in [0, 0.05) is 44.8 Å². The van der Waals surface area contributed by atoms with E-state index in [1.54, 1.807) is 4.90 Å². The molecule has 0 bridgehead atoms. The number of carboxylic acid groups (broad SMARTS) is 1. The van der Waals surface area contributed by atoms with Crippen molar-refractivity contribution in [1.29, 1.82) is 0 Å². The van der Waals surface area contributed by atoms with E-state index in [0.29, 0.717) is 38.3 Å². The molecule has 1 amide bonds. The molecular weight excluding hydrogens is 518 g/mol. The monoisotopic (exact) mass is 547 g/mol. The van der Waals surface area contributed by atoms with Crippen molar-refractivity contribution in [3.8, 4) is 0 Å². The van der Waals surface area contributed by atoms with Crippen LogP contribution in [0.2, 0.25) is 0 Å². The van der Waals surface area contributed by atoms with Crippen molar-refractivity contribution < 1.29 is 40.7 Å². The van der Waals surface area contributed by atoms with Crippen molar-refractivity contribution in [2.75, 3.05) is 45.0 Å². The van der Waals surface area contributed by atoms with Crippen molar-refractivity contribution in [3.63, 3.8) is 0 Å². The van der Waals surface area contributed by atoms with Gasteiger partial charge in [-0.2, -0.15) is 17.5 Å². The molecule has 1 aliphatic heterocycles. The second-order valence-corrected chi connectivity index (χ2v) is 10.4. The van der Waals surface area contributed by atoms with Crippen LogP contribution in [-0.2, 0) is 14.8 Å². The first-order valence-electron chi connectivity index (χ1n) is 11.4. The van der Waals surface area contributed by atoms with E-state index in [9.17, 15) is 30.8 Å². The minimum Gasteiger partial charge on any atom is -0.475 e. The maximum Gasteiger partial charge on any atom is 0.490 e. The van der Waals surface area contributed by atoms with Crippen LogP contribution in [0.3, 0.4) is 0 Å². The Morgan fingerprint density at radius 1 is 1.05 bits per heavy atom. The number of nitrogens with one attached hydrogen (secondary N) is 1. The van der Waals surface area contributed by atoms with Crippen LogP contribution >= 0.6 is 0 Å². The summed E-state index contributed by atoms with van der Waals surface area (Å²) in [4.78, 5) is 23.6. The molecule has 0 aromatic heterocycles. The van der Waals surface area contributed by atoms with Gasteiger partial charge < -0.3 is 15.3 Å². The molecule has 1 aliphatic rings. The molecule has 2 aromatic rings. The highest BCUT2D eigenvalue weighted by Crippen LogP contribution is 2.18. The van der Waals surface area contributed by atoms with Gasteiger partial charge in [0.1, 0.15) is 5.82 Å². The third kappa shape index (κ3) is 9.74. The normalized spacial score (nSPS) is 15.3. The number of carboxylic acids is 1. The summed E-state index contributed by atoms with van der Waals surface area (Å²) in [6.45, 7) is 4.59. The molecule has 1 saturated heterocycles. The predicted octanol–water partition coefficient (Wildman–Crippen LogP) is 2.94. The lowest BCUT2D eigenvalue weighted by Crippen LogP contribution is -2.48. The first-order chi connectivity index (χ1) is 17.3. The van der Waals surface area contributed by atoms with E-state index in [4.69, 9.17) is 9.90 Å². The number of benzene rings is 2. The van der Waals surface area contributed by atoms with Gasteiger partial charge in [0.25, 0.3) is 5.91 Å². The first-order valence-corrected chi connectivity index (χ1v) is 13.0. The van der Waals surface area contributed by atoms with Gasteiger partial charge in [-0.15, -0.1) is 0 Å². The highest BCUT2D eigenvalue weighted by atomic mass is 32.2. The smallest absolute Gasteiger partial charge is 0.475 e. The van der Waals surface area contributed by atoms with Crippen LogP contribution in [0.4, 0.5) is 17.6 Å². The molecule has 37 heavy (non-hydrogen) atoms. The van der Waals surface area contributed by atoms with Crippen LogP contribution in [0.5, 0.6) is 0 Å². The van der Waals surface area contributed by atoms with Crippen LogP contribution < -0.4 is 5.32 Å². The van der Waals surface area contributed by atoms with Crippen LogP contribution in [0.15, 0.2) is 54.6 Å². The molecule has 1 heterocycles.